The monoisotopic (exact) mass is 483 g/mol. The van der Waals surface area contributed by atoms with Gasteiger partial charge in [-0.15, -0.1) is 11.3 Å². The molecule has 0 saturated heterocycles. The predicted molar refractivity (Wildman–Crippen MR) is 136 cm³/mol. The average Bonchev–Trinajstić information content (AvgIpc) is 3.12. The highest BCUT2D eigenvalue weighted by Gasteiger charge is 2.24. The Bertz CT molecular complexity index is 1200. The average molecular weight is 484 g/mol. The number of rotatable bonds is 6. The van der Waals surface area contributed by atoms with Crippen LogP contribution in [-0.2, 0) is 22.4 Å². The summed E-state index contributed by atoms with van der Waals surface area (Å²) >= 11 is 2.94. The molecule has 9 heteroatoms. The first-order valence-corrected chi connectivity index (χ1v) is 12.8. The van der Waals surface area contributed by atoms with Gasteiger partial charge in [-0.1, -0.05) is 36.9 Å². The van der Waals surface area contributed by atoms with Gasteiger partial charge in [0.2, 0.25) is 11.8 Å². The van der Waals surface area contributed by atoms with Crippen molar-refractivity contribution in [1.29, 1.82) is 0 Å². The van der Waals surface area contributed by atoms with Crippen molar-refractivity contribution in [3.8, 4) is 0 Å². The Morgan fingerprint density at radius 3 is 2.73 bits per heavy atom. The van der Waals surface area contributed by atoms with Crippen molar-refractivity contribution >= 4 is 56.6 Å². The molecule has 4 rings (SSSR count). The third-order valence-corrected chi connectivity index (χ3v) is 8.09. The highest BCUT2D eigenvalue weighted by atomic mass is 32.2. The number of anilines is 2. The minimum atomic E-state index is -0.468. The van der Waals surface area contributed by atoms with E-state index in [1.807, 2.05) is 32.0 Å². The number of thioether (sulfide) groups is 1. The summed E-state index contributed by atoms with van der Waals surface area (Å²) in [4.78, 5) is 36.3. The van der Waals surface area contributed by atoms with Crippen LogP contribution in [0.15, 0.2) is 23.4 Å². The van der Waals surface area contributed by atoms with Crippen molar-refractivity contribution in [3.63, 3.8) is 0 Å². The standard InChI is InChI=1S/C24H29N5O2S2/c1-12-8-9-16-17(10-12)33-23-19(16)21(25)28-24(29-23)32-15(4)22(31)26-11-18(30)27-20-13(2)6-5-7-14(20)3/h5-7,12,15H,8-11H2,1-4H3,(H,26,31)(H,27,30)(H2,25,28,29). The van der Waals surface area contributed by atoms with E-state index in [1.54, 1.807) is 18.3 Å². The fraction of sp³-hybridized carbons (Fsp3) is 0.417. The topological polar surface area (TPSA) is 110 Å². The molecular weight excluding hydrogens is 454 g/mol. The second kappa shape index (κ2) is 9.69. The number of fused-ring (bicyclic) bond motifs is 3. The fourth-order valence-corrected chi connectivity index (χ4v) is 6.37. The zero-order valence-electron chi connectivity index (χ0n) is 19.3. The summed E-state index contributed by atoms with van der Waals surface area (Å²) in [7, 11) is 0. The van der Waals surface area contributed by atoms with E-state index >= 15 is 0 Å². The molecule has 2 aromatic heterocycles. The van der Waals surface area contributed by atoms with Gasteiger partial charge in [0.05, 0.1) is 17.2 Å². The van der Waals surface area contributed by atoms with Gasteiger partial charge in [-0.3, -0.25) is 9.59 Å². The lowest BCUT2D eigenvalue weighted by Crippen LogP contribution is -2.37. The molecule has 2 unspecified atom stereocenters. The number of amides is 2. The summed E-state index contributed by atoms with van der Waals surface area (Å²) in [5.74, 6) is 0.635. The largest absolute Gasteiger partial charge is 0.383 e. The quantitative estimate of drug-likeness (QED) is 0.357. The Hall–Kier alpha value is -2.65. The van der Waals surface area contributed by atoms with E-state index in [4.69, 9.17) is 10.7 Å². The van der Waals surface area contributed by atoms with Crippen LogP contribution in [0.4, 0.5) is 11.5 Å². The maximum absolute atomic E-state index is 12.6. The van der Waals surface area contributed by atoms with E-state index in [-0.39, 0.29) is 18.4 Å². The van der Waals surface area contributed by atoms with Gasteiger partial charge < -0.3 is 16.4 Å². The Labute approximate surface area is 202 Å². The minimum absolute atomic E-state index is 0.102. The summed E-state index contributed by atoms with van der Waals surface area (Å²) in [5.41, 5.74) is 10.3. The smallest absolute Gasteiger partial charge is 0.243 e. The molecule has 3 aromatic rings. The number of nitrogens with zero attached hydrogens (tertiary/aromatic N) is 2. The lowest BCUT2D eigenvalue weighted by atomic mass is 9.89. The number of carbonyl (C=O) groups excluding carboxylic acids is 2. The van der Waals surface area contributed by atoms with Crippen molar-refractivity contribution in [3.05, 3.63) is 39.8 Å². The van der Waals surface area contributed by atoms with Gasteiger partial charge in [-0.2, -0.15) is 0 Å². The van der Waals surface area contributed by atoms with Gasteiger partial charge in [0.15, 0.2) is 5.16 Å². The molecule has 0 saturated carbocycles. The second-order valence-corrected chi connectivity index (χ2v) is 11.1. The summed E-state index contributed by atoms with van der Waals surface area (Å²) < 4.78 is 0. The van der Waals surface area contributed by atoms with Gasteiger partial charge in [0, 0.05) is 10.6 Å². The minimum Gasteiger partial charge on any atom is -0.383 e. The molecule has 4 N–H and O–H groups in total. The number of nitrogens with one attached hydrogen (secondary N) is 2. The third kappa shape index (κ3) is 5.14. The molecule has 0 fully saturated rings. The number of hydrogen-bond donors (Lipinski definition) is 3. The van der Waals surface area contributed by atoms with Gasteiger partial charge in [-0.05, 0) is 62.6 Å². The lowest BCUT2D eigenvalue weighted by molar-refractivity contribution is -0.123. The highest BCUT2D eigenvalue weighted by Crippen LogP contribution is 2.40. The SMILES string of the molecule is Cc1cccc(C)c1NC(=O)CNC(=O)C(C)Sc1nc(N)c2c3c(sc2n1)CC(C)CC3. The van der Waals surface area contributed by atoms with Crippen LogP contribution in [-0.4, -0.2) is 33.6 Å². The normalized spacial score (nSPS) is 16.3. The summed E-state index contributed by atoms with van der Waals surface area (Å²) in [6.45, 7) is 7.82. The molecule has 2 atom stereocenters. The molecule has 33 heavy (non-hydrogen) atoms. The Morgan fingerprint density at radius 1 is 1.27 bits per heavy atom. The number of aryl methyl sites for hydroxylation is 3. The van der Waals surface area contributed by atoms with E-state index in [0.717, 1.165) is 46.3 Å². The molecule has 1 aliphatic rings. The molecule has 1 aromatic carbocycles. The maximum atomic E-state index is 12.6. The van der Waals surface area contributed by atoms with Crippen LogP contribution in [0, 0.1) is 19.8 Å². The molecule has 1 aliphatic carbocycles. The van der Waals surface area contributed by atoms with Crippen LogP contribution in [0.2, 0.25) is 0 Å². The number of para-hydroxylation sites is 1. The first-order valence-electron chi connectivity index (χ1n) is 11.1. The van der Waals surface area contributed by atoms with Crippen LogP contribution in [0.25, 0.3) is 10.2 Å². The van der Waals surface area contributed by atoms with Crippen molar-refractivity contribution in [1.82, 2.24) is 15.3 Å². The Morgan fingerprint density at radius 2 is 2.00 bits per heavy atom. The van der Waals surface area contributed by atoms with E-state index in [1.165, 1.54) is 22.2 Å². The van der Waals surface area contributed by atoms with Crippen molar-refractivity contribution < 1.29 is 9.59 Å². The maximum Gasteiger partial charge on any atom is 0.243 e. The fourth-order valence-electron chi connectivity index (χ4n) is 4.12. The third-order valence-electron chi connectivity index (χ3n) is 5.98. The molecular formula is C24H29N5O2S2. The highest BCUT2D eigenvalue weighted by molar-refractivity contribution is 8.00. The molecule has 2 heterocycles. The molecule has 7 nitrogen and oxygen atoms in total. The lowest BCUT2D eigenvalue weighted by Gasteiger charge is -2.17. The van der Waals surface area contributed by atoms with Gasteiger partial charge >= 0.3 is 0 Å². The molecule has 174 valence electrons. The predicted octanol–water partition coefficient (Wildman–Crippen LogP) is 4.25. The molecule has 0 spiro atoms. The van der Waals surface area contributed by atoms with Crippen LogP contribution in [0.5, 0.6) is 0 Å². The molecule has 0 radical (unpaired) electrons. The second-order valence-electron chi connectivity index (χ2n) is 8.72. The Balaban J connectivity index is 1.38. The number of aromatic nitrogens is 2. The van der Waals surface area contributed by atoms with E-state index in [9.17, 15) is 9.59 Å². The first kappa shape index (κ1) is 23.5. The number of benzene rings is 1. The van der Waals surface area contributed by atoms with E-state index in [0.29, 0.717) is 16.9 Å². The number of hydrogen-bond acceptors (Lipinski definition) is 7. The van der Waals surface area contributed by atoms with Crippen LogP contribution in [0.3, 0.4) is 0 Å². The van der Waals surface area contributed by atoms with Crippen LogP contribution < -0.4 is 16.4 Å². The van der Waals surface area contributed by atoms with E-state index < -0.39 is 5.25 Å². The van der Waals surface area contributed by atoms with Crippen LogP contribution >= 0.6 is 23.1 Å². The number of thiophene rings is 1. The molecule has 0 aliphatic heterocycles. The van der Waals surface area contributed by atoms with Gasteiger partial charge in [0.25, 0.3) is 0 Å². The Kier molecular flexibility index (Phi) is 6.90. The van der Waals surface area contributed by atoms with E-state index in [2.05, 4.69) is 22.5 Å². The number of nitrogen functional groups attached to an aromatic ring is 1. The number of nitrogens with two attached hydrogens (primary N) is 1. The first-order chi connectivity index (χ1) is 15.7. The van der Waals surface area contributed by atoms with Crippen molar-refractivity contribution in [2.75, 3.05) is 17.6 Å². The summed E-state index contributed by atoms with van der Waals surface area (Å²) in [6.07, 6.45) is 3.23. The van der Waals surface area contributed by atoms with Crippen molar-refractivity contribution in [2.24, 2.45) is 5.92 Å². The molecule has 2 amide bonds. The summed E-state index contributed by atoms with van der Waals surface area (Å²) in [5, 5.41) is 6.57. The zero-order chi connectivity index (χ0) is 23.7. The van der Waals surface area contributed by atoms with Crippen LogP contribution in [0.1, 0.15) is 41.8 Å². The summed E-state index contributed by atoms with van der Waals surface area (Å²) in [6, 6.07) is 5.82. The van der Waals surface area contributed by atoms with Gasteiger partial charge in [0.1, 0.15) is 10.6 Å². The zero-order valence-corrected chi connectivity index (χ0v) is 21.0. The van der Waals surface area contributed by atoms with Gasteiger partial charge in [-0.25, -0.2) is 9.97 Å². The van der Waals surface area contributed by atoms with Crippen molar-refractivity contribution in [2.45, 2.75) is 57.4 Å². The number of carbonyl (C=O) groups is 2. The molecule has 0 bridgehead atoms.